The lowest BCUT2D eigenvalue weighted by molar-refractivity contribution is -0.136. The number of aliphatic hydroxyl groups is 2. The minimum atomic E-state index is -1.03. The number of nitrogens with zero attached hydrogens (tertiary/aromatic N) is 1. The van der Waals surface area contributed by atoms with Crippen LogP contribution in [-0.4, -0.2) is 50.9 Å². The molecule has 0 aliphatic carbocycles. The van der Waals surface area contributed by atoms with Crippen LogP contribution in [0, 0.1) is 5.92 Å². The Kier molecular flexibility index (Phi) is 8.41. The molecule has 0 aromatic heterocycles. The van der Waals surface area contributed by atoms with Gasteiger partial charge in [0.05, 0.1) is 12.5 Å². The number of carboxylic acids is 1. The summed E-state index contributed by atoms with van der Waals surface area (Å²) in [5.74, 6) is -0.925. The van der Waals surface area contributed by atoms with Crippen LogP contribution in [0.1, 0.15) is 54.0 Å². The third-order valence-electron chi connectivity index (χ3n) is 7.37. The molecule has 6 heteroatoms. The summed E-state index contributed by atoms with van der Waals surface area (Å²) in [5.41, 5.74) is 1.75. The largest absolute Gasteiger partial charge is 0.508 e. The molecule has 1 heterocycles. The summed E-state index contributed by atoms with van der Waals surface area (Å²) in [4.78, 5) is 13.2. The van der Waals surface area contributed by atoms with Gasteiger partial charge in [0.1, 0.15) is 11.4 Å². The summed E-state index contributed by atoms with van der Waals surface area (Å²) >= 11 is 0. The lowest BCUT2D eigenvalue weighted by Gasteiger charge is -2.42. The lowest BCUT2D eigenvalue weighted by Crippen LogP contribution is -2.44. The van der Waals surface area contributed by atoms with Crippen LogP contribution in [0.5, 0.6) is 5.75 Å². The van der Waals surface area contributed by atoms with Crippen molar-refractivity contribution in [1.82, 2.24) is 4.90 Å². The van der Waals surface area contributed by atoms with Gasteiger partial charge in [0.15, 0.2) is 0 Å². The molecule has 4 N–H and O–H groups in total. The molecule has 3 aromatic carbocycles. The van der Waals surface area contributed by atoms with Crippen molar-refractivity contribution in [3.05, 3.63) is 101 Å². The van der Waals surface area contributed by atoms with Crippen molar-refractivity contribution in [2.45, 2.75) is 43.8 Å². The van der Waals surface area contributed by atoms with E-state index in [-0.39, 0.29) is 18.1 Å². The Morgan fingerprint density at radius 2 is 1.53 bits per heavy atom. The van der Waals surface area contributed by atoms with Crippen LogP contribution < -0.4 is 0 Å². The molecule has 1 atom stereocenters. The van der Waals surface area contributed by atoms with E-state index in [0.717, 1.165) is 50.0 Å². The first-order valence-electron chi connectivity index (χ1n) is 12.7. The second-order valence-corrected chi connectivity index (χ2v) is 9.74. The molecule has 0 radical (unpaired) electrons. The van der Waals surface area contributed by atoms with Gasteiger partial charge in [-0.15, -0.1) is 0 Å². The fraction of sp³-hybridized carbons (Fsp3) is 0.367. The molecule has 190 valence electrons. The van der Waals surface area contributed by atoms with Crippen molar-refractivity contribution < 1.29 is 25.2 Å². The number of aromatic hydroxyl groups is 1. The third kappa shape index (κ3) is 5.95. The molecule has 0 saturated carbocycles. The van der Waals surface area contributed by atoms with E-state index in [1.165, 1.54) is 6.07 Å². The minimum Gasteiger partial charge on any atom is -0.508 e. The van der Waals surface area contributed by atoms with Gasteiger partial charge in [0.25, 0.3) is 0 Å². The number of phenolic OH excluding ortho intramolecular Hbond substituents is 1. The number of rotatable bonds is 10. The first-order chi connectivity index (χ1) is 17.4. The Balaban J connectivity index is 1.32. The summed E-state index contributed by atoms with van der Waals surface area (Å²) in [6.07, 6.45) is 2.04. The molecule has 36 heavy (non-hydrogen) atoms. The SMILES string of the molecule is O=C(O)Cc1ccc(C(O)CCCN2CCC(C(O)(c3ccccc3)c3ccccc3)CC2)c(O)c1. The number of likely N-dealkylation sites (tertiary alicyclic amines) is 1. The molecule has 1 unspecified atom stereocenters. The Morgan fingerprint density at radius 3 is 2.06 bits per heavy atom. The number of phenols is 1. The monoisotopic (exact) mass is 489 g/mol. The minimum absolute atomic E-state index is 0.0665. The Hall–Kier alpha value is -3.19. The lowest BCUT2D eigenvalue weighted by atomic mass is 9.72. The average molecular weight is 490 g/mol. The van der Waals surface area contributed by atoms with Crippen LogP contribution in [0.3, 0.4) is 0 Å². The van der Waals surface area contributed by atoms with Crippen molar-refractivity contribution in [2.75, 3.05) is 19.6 Å². The van der Waals surface area contributed by atoms with Gasteiger partial charge in [0, 0.05) is 5.56 Å². The number of hydrogen-bond donors (Lipinski definition) is 4. The van der Waals surface area contributed by atoms with E-state index >= 15 is 0 Å². The highest BCUT2D eigenvalue weighted by Crippen LogP contribution is 2.42. The smallest absolute Gasteiger partial charge is 0.307 e. The summed E-state index contributed by atoms with van der Waals surface area (Å²) in [5, 5.41) is 41.7. The Labute approximate surface area is 212 Å². The van der Waals surface area contributed by atoms with Gasteiger partial charge in [-0.1, -0.05) is 72.8 Å². The molecule has 3 aromatic rings. The third-order valence-corrected chi connectivity index (χ3v) is 7.37. The number of hydrogen-bond acceptors (Lipinski definition) is 5. The molecular formula is C30H35NO5. The summed E-state index contributed by atoms with van der Waals surface area (Å²) in [6, 6.07) is 24.5. The number of carbonyl (C=O) groups is 1. The quantitative estimate of drug-likeness (QED) is 0.335. The highest BCUT2D eigenvalue weighted by molar-refractivity contribution is 5.70. The first-order valence-corrected chi connectivity index (χ1v) is 12.7. The van der Waals surface area contributed by atoms with Crippen LogP contribution >= 0.6 is 0 Å². The normalized spacial score (nSPS) is 16.1. The second kappa shape index (κ2) is 11.7. The summed E-state index contributed by atoms with van der Waals surface area (Å²) in [6.45, 7) is 2.58. The van der Waals surface area contributed by atoms with Crippen LogP contribution in [0.2, 0.25) is 0 Å². The summed E-state index contributed by atoms with van der Waals surface area (Å²) < 4.78 is 0. The van der Waals surface area contributed by atoms with Crippen molar-refractivity contribution >= 4 is 5.97 Å². The number of aliphatic hydroxyl groups excluding tert-OH is 1. The zero-order valence-electron chi connectivity index (χ0n) is 20.5. The van der Waals surface area contributed by atoms with Gasteiger partial charge in [-0.3, -0.25) is 4.79 Å². The maximum Gasteiger partial charge on any atom is 0.307 e. The molecule has 0 spiro atoms. The summed E-state index contributed by atoms with van der Waals surface area (Å²) in [7, 11) is 0. The molecule has 6 nitrogen and oxygen atoms in total. The average Bonchev–Trinajstić information content (AvgIpc) is 2.89. The van der Waals surface area contributed by atoms with E-state index in [4.69, 9.17) is 5.11 Å². The van der Waals surface area contributed by atoms with Crippen LogP contribution in [0.4, 0.5) is 0 Å². The zero-order valence-corrected chi connectivity index (χ0v) is 20.5. The highest BCUT2D eigenvalue weighted by Gasteiger charge is 2.41. The fourth-order valence-corrected chi connectivity index (χ4v) is 5.42. The predicted molar refractivity (Wildman–Crippen MR) is 139 cm³/mol. The second-order valence-electron chi connectivity index (χ2n) is 9.74. The predicted octanol–water partition coefficient (Wildman–Crippen LogP) is 4.48. The van der Waals surface area contributed by atoms with E-state index in [0.29, 0.717) is 17.5 Å². The number of piperidine rings is 1. The Morgan fingerprint density at radius 1 is 0.944 bits per heavy atom. The van der Waals surface area contributed by atoms with Gasteiger partial charge >= 0.3 is 5.97 Å². The molecule has 4 rings (SSSR count). The molecule has 0 amide bonds. The molecule has 1 aliphatic heterocycles. The zero-order chi connectivity index (χ0) is 25.5. The van der Waals surface area contributed by atoms with Crippen LogP contribution in [-0.2, 0) is 16.8 Å². The number of benzene rings is 3. The molecule has 0 bridgehead atoms. The van der Waals surface area contributed by atoms with E-state index in [2.05, 4.69) is 4.90 Å². The van der Waals surface area contributed by atoms with Gasteiger partial charge in [-0.25, -0.2) is 0 Å². The van der Waals surface area contributed by atoms with Crippen LogP contribution in [0.15, 0.2) is 78.9 Å². The molecular weight excluding hydrogens is 454 g/mol. The van der Waals surface area contributed by atoms with E-state index in [9.17, 15) is 20.1 Å². The van der Waals surface area contributed by atoms with Gasteiger partial charge in [0.2, 0.25) is 0 Å². The van der Waals surface area contributed by atoms with Crippen molar-refractivity contribution in [3.8, 4) is 5.75 Å². The van der Waals surface area contributed by atoms with E-state index in [1.54, 1.807) is 12.1 Å². The molecule has 1 fully saturated rings. The Bertz CT molecular complexity index is 1090. The number of carboxylic acid groups (broad SMARTS) is 1. The molecule has 1 aliphatic rings. The number of aliphatic carboxylic acids is 1. The topological polar surface area (TPSA) is 101 Å². The van der Waals surface area contributed by atoms with E-state index in [1.807, 2.05) is 60.7 Å². The van der Waals surface area contributed by atoms with Crippen molar-refractivity contribution in [1.29, 1.82) is 0 Å². The maximum absolute atomic E-state index is 12.0. The standard InChI is InChI=1S/C30H35NO5/c32-27(26-14-13-22(20-28(26)33)21-29(34)35)12-7-17-31-18-15-25(16-19-31)30(36,23-8-3-1-4-9-23)24-10-5-2-6-11-24/h1-6,8-11,13-14,20,25,27,32-33,36H,7,12,15-19,21H2,(H,34,35). The van der Waals surface area contributed by atoms with Gasteiger partial charge in [-0.05, 0) is 74.0 Å². The fourth-order valence-electron chi connectivity index (χ4n) is 5.42. The van der Waals surface area contributed by atoms with Crippen molar-refractivity contribution in [3.63, 3.8) is 0 Å². The van der Waals surface area contributed by atoms with E-state index < -0.39 is 17.7 Å². The highest BCUT2D eigenvalue weighted by atomic mass is 16.4. The van der Waals surface area contributed by atoms with Crippen molar-refractivity contribution in [2.24, 2.45) is 5.92 Å². The van der Waals surface area contributed by atoms with Gasteiger partial charge in [-0.2, -0.15) is 0 Å². The van der Waals surface area contributed by atoms with Gasteiger partial charge < -0.3 is 25.3 Å². The molecule has 1 saturated heterocycles. The maximum atomic E-state index is 12.0. The van der Waals surface area contributed by atoms with Crippen LogP contribution in [0.25, 0.3) is 0 Å². The first kappa shape index (κ1) is 25.9.